The first kappa shape index (κ1) is 9.03. The van der Waals surface area contributed by atoms with Crippen LogP contribution in [0.15, 0.2) is 36.9 Å². The number of pyridine rings is 2. The molecule has 4 heteroatoms. The maximum absolute atomic E-state index is 4.47. The zero-order chi connectivity index (χ0) is 11.0. The number of hydrogen-bond donors (Lipinski definition) is 1. The van der Waals surface area contributed by atoms with Gasteiger partial charge in [0.15, 0.2) is 5.65 Å². The lowest BCUT2D eigenvalue weighted by atomic mass is 10.1. The Bertz CT molecular complexity index is 628. The number of rotatable bonds is 1. The van der Waals surface area contributed by atoms with Crippen LogP contribution >= 0.6 is 0 Å². The fourth-order valence-electron chi connectivity index (χ4n) is 1.79. The summed E-state index contributed by atoms with van der Waals surface area (Å²) in [6.45, 7) is 2.00. The molecule has 3 heterocycles. The lowest BCUT2D eigenvalue weighted by molar-refractivity contribution is 1.22. The van der Waals surface area contributed by atoms with Gasteiger partial charge < -0.3 is 4.98 Å². The lowest BCUT2D eigenvalue weighted by Crippen LogP contribution is -1.89. The average molecular weight is 210 g/mol. The molecular weight excluding hydrogens is 200 g/mol. The van der Waals surface area contributed by atoms with Crippen molar-refractivity contribution in [2.24, 2.45) is 0 Å². The molecular formula is C12H10N4. The Morgan fingerprint density at radius 1 is 1.19 bits per heavy atom. The Labute approximate surface area is 92.4 Å². The molecule has 0 aliphatic heterocycles. The SMILES string of the molecule is Cc1nc2[nH]cnc2cc1-c1ccncc1. The molecule has 0 unspecified atom stereocenters. The van der Waals surface area contributed by atoms with Crippen LogP contribution in [0.3, 0.4) is 0 Å². The first-order valence-electron chi connectivity index (χ1n) is 5.06. The molecule has 0 radical (unpaired) electrons. The molecule has 0 amide bonds. The van der Waals surface area contributed by atoms with E-state index in [1.165, 1.54) is 0 Å². The highest BCUT2D eigenvalue weighted by molar-refractivity contribution is 5.79. The molecule has 1 N–H and O–H groups in total. The van der Waals surface area contributed by atoms with E-state index in [0.717, 1.165) is 28.0 Å². The van der Waals surface area contributed by atoms with Gasteiger partial charge in [0.05, 0.1) is 6.33 Å². The van der Waals surface area contributed by atoms with Crippen LogP contribution in [0.1, 0.15) is 5.69 Å². The minimum absolute atomic E-state index is 0.829. The summed E-state index contributed by atoms with van der Waals surface area (Å²) in [7, 11) is 0. The number of imidazole rings is 1. The zero-order valence-electron chi connectivity index (χ0n) is 8.81. The Morgan fingerprint density at radius 3 is 2.81 bits per heavy atom. The van der Waals surface area contributed by atoms with E-state index in [2.05, 4.69) is 19.9 Å². The van der Waals surface area contributed by atoms with Crippen molar-refractivity contribution in [1.29, 1.82) is 0 Å². The van der Waals surface area contributed by atoms with Gasteiger partial charge in [0.1, 0.15) is 5.52 Å². The van der Waals surface area contributed by atoms with Crippen molar-refractivity contribution in [2.75, 3.05) is 0 Å². The van der Waals surface area contributed by atoms with Crippen molar-refractivity contribution < 1.29 is 0 Å². The molecule has 3 aromatic rings. The van der Waals surface area contributed by atoms with Crippen molar-refractivity contribution in [3.05, 3.63) is 42.6 Å². The summed E-state index contributed by atoms with van der Waals surface area (Å²) < 4.78 is 0. The Morgan fingerprint density at radius 2 is 2.00 bits per heavy atom. The number of nitrogens with zero attached hydrogens (tertiary/aromatic N) is 3. The maximum Gasteiger partial charge on any atom is 0.157 e. The van der Waals surface area contributed by atoms with Gasteiger partial charge in [-0.2, -0.15) is 0 Å². The summed E-state index contributed by atoms with van der Waals surface area (Å²) in [5, 5.41) is 0. The highest BCUT2D eigenvalue weighted by Gasteiger charge is 2.06. The Kier molecular flexibility index (Phi) is 1.93. The minimum atomic E-state index is 0.829. The Balaban J connectivity index is 2.27. The highest BCUT2D eigenvalue weighted by atomic mass is 14.9. The summed E-state index contributed by atoms with van der Waals surface area (Å²) in [5.74, 6) is 0. The number of H-pyrrole nitrogens is 1. The fourth-order valence-corrected chi connectivity index (χ4v) is 1.79. The number of aromatic nitrogens is 4. The molecule has 0 bridgehead atoms. The first-order valence-corrected chi connectivity index (χ1v) is 5.06. The second-order valence-electron chi connectivity index (χ2n) is 3.63. The summed E-state index contributed by atoms with van der Waals surface area (Å²) >= 11 is 0. The molecule has 0 aromatic carbocycles. The first-order chi connectivity index (χ1) is 7.84. The molecule has 0 aliphatic carbocycles. The summed E-state index contributed by atoms with van der Waals surface area (Å²) in [5.41, 5.74) is 4.92. The molecule has 78 valence electrons. The molecule has 3 aromatic heterocycles. The van der Waals surface area contributed by atoms with Gasteiger partial charge in [0, 0.05) is 23.7 Å². The van der Waals surface area contributed by atoms with Crippen LogP contribution in [-0.2, 0) is 0 Å². The van der Waals surface area contributed by atoms with Crippen LogP contribution in [0.2, 0.25) is 0 Å². The lowest BCUT2D eigenvalue weighted by Gasteiger charge is -2.04. The summed E-state index contributed by atoms with van der Waals surface area (Å²) in [4.78, 5) is 15.7. The Hall–Kier alpha value is -2.23. The molecule has 16 heavy (non-hydrogen) atoms. The average Bonchev–Trinajstić information content (AvgIpc) is 2.76. The fraction of sp³-hybridized carbons (Fsp3) is 0.0833. The predicted molar refractivity (Wildman–Crippen MR) is 61.9 cm³/mol. The summed E-state index contributed by atoms with van der Waals surface area (Å²) in [6.07, 6.45) is 5.22. The van der Waals surface area contributed by atoms with E-state index in [-0.39, 0.29) is 0 Å². The highest BCUT2D eigenvalue weighted by Crippen LogP contribution is 2.23. The van der Waals surface area contributed by atoms with E-state index in [4.69, 9.17) is 0 Å². The number of aromatic amines is 1. The van der Waals surface area contributed by atoms with E-state index in [1.54, 1.807) is 18.7 Å². The van der Waals surface area contributed by atoms with Crippen LogP contribution in [0.5, 0.6) is 0 Å². The van der Waals surface area contributed by atoms with Gasteiger partial charge in [0.2, 0.25) is 0 Å². The van der Waals surface area contributed by atoms with Gasteiger partial charge in [-0.25, -0.2) is 9.97 Å². The van der Waals surface area contributed by atoms with Gasteiger partial charge in [-0.3, -0.25) is 4.98 Å². The van der Waals surface area contributed by atoms with E-state index in [1.807, 2.05) is 25.1 Å². The topological polar surface area (TPSA) is 54.5 Å². The second-order valence-corrected chi connectivity index (χ2v) is 3.63. The van der Waals surface area contributed by atoms with Gasteiger partial charge >= 0.3 is 0 Å². The molecule has 0 atom stereocenters. The molecule has 0 fully saturated rings. The molecule has 0 saturated carbocycles. The third-order valence-corrected chi connectivity index (χ3v) is 2.59. The summed E-state index contributed by atoms with van der Waals surface area (Å²) in [6, 6.07) is 5.99. The minimum Gasteiger partial charge on any atom is -0.329 e. The van der Waals surface area contributed by atoms with Crippen LogP contribution in [0.25, 0.3) is 22.3 Å². The number of aryl methyl sites for hydroxylation is 1. The third-order valence-electron chi connectivity index (χ3n) is 2.59. The van der Waals surface area contributed by atoms with E-state index in [9.17, 15) is 0 Å². The van der Waals surface area contributed by atoms with Crippen LogP contribution in [-0.4, -0.2) is 19.9 Å². The molecule has 0 spiro atoms. The number of nitrogens with one attached hydrogen (secondary N) is 1. The van der Waals surface area contributed by atoms with Gasteiger partial charge in [-0.05, 0) is 30.7 Å². The number of fused-ring (bicyclic) bond motifs is 1. The molecule has 0 saturated heterocycles. The van der Waals surface area contributed by atoms with Crippen molar-refractivity contribution in [3.63, 3.8) is 0 Å². The monoisotopic (exact) mass is 210 g/mol. The van der Waals surface area contributed by atoms with Gasteiger partial charge in [-0.15, -0.1) is 0 Å². The van der Waals surface area contributed by atoms with Crippen molar-refractivity contribution in [2.45, 2.75) is 6.92 Å². The van der Waals surface area contributed by atoms with Crippen molar-refractivity contribution in [1.82, 2.24) is 19.9 Å². The largest absolute Gasteiger partial charge is 0.329 e. The van der Waals surface area contributed by atoms with Gasteiger partial charge in [0.25, 0.3) is 0 Å². The van der Waals surface area contributed by atoms with Crippen LogP contribution < -0.4 is 0 Å². The second kappa shape index (κ2) is 3.41. The molecule has 0 aliphatic rings. The molecule has 3 rings (SSSR count). The normalized spacial score (nSPS) is 10.8. The predicted octanol–water partition coefficient (Wildman–Crippen LogP) is 2.33. The van der Waals surface area contributed by atoms with Crippen molar-refractivity contribution in [3.8, 4) is 11.1 Å². The van der Waals surface area contributed by atoms with E-state index >= 15 is 0 Å². The van der Waals surface area contributed by atoms with Gasteiger partial charge in [-0.1, -0.05) is 0 Å². The smallest absolute Gasteiger partial charge is 0.157 e. The quantitative estimate of drug-likeness (QED) is 0.670. The van der Waals surface area contributed by atoms with Crippen LogP contribution in [0.4, 0.5) is 0 Å². The van der Waals surface area contributed by atoms with Crippen LogP contribution in [0, 0.1) is 6.92 Å². The third kappa shape index (κ3) is 1.35. The molecule has 4 nitrogen and oxygen atoms in total. The zero-order valence-corrected chi connectivity index (χ0v) is 8.81. The van der Waals surface area contributed by atoms with Crippen molar-refractivity contribution >= 4 is 11.2 Å². The standard InChI is InChI=1S/C12H10N4/c1-8-10(9-2-4-13-5-3-9)6-11-12(16-8)15-7-14-11/h2-7H,1H3,(H,14,15,16). The number of hydrogen-bond acceptors (Lipinski definition) is 3. The maximum atomic E-state index is 4.47. The van der Waals surface area contributed by atoms with E-state index in [0.29, 0.717) is 0 Å². The van der Waals surface area contributed by atoms with E-state index < -0.39 is 0 Å².